The zero-order chi connectivity index (χ0) is 26.4. The molecule has 4 rings (SSSR count). The van der Waals surface area contributed by atoms with Gasteiger partial charge in [0.2, 0.25) is 5.91 Å². The number of amides is 3. The molecule has 2 aliphatic heterocycles. The fourth-order valence-corrected chi connectivity index (χ4v) is 6.50. The SMILES string of the molecule is Cc1cc2c(cc1/C=C1\SC(=O)N(CC(=O)Nc3ccc(Br)cc3)C1=O)[C@H](C)CC(C)(C)N2C(C)C. The smallest absolute Gasteiger partial charge is 0.294 e. The molecule has 190 valence electrons. The molecule has 1 saturated heterocycles. The number of nitrogens with zero attached hydrogens (tertiary/aromatic N) is 2. The molecule has 0 spiro atoms. The van der Waals surface area contributed by atoms with E-state index in [-0.39, 0.29) is 12.1 Å². The number of carbonyl (C=O) groups is 3. The van der Waals surface area contributed by atoms with E-state index in [0.717, 1.165) is 38.7 Å². The Labute approximate surface area is 225 Å². The predicted octanol–water partition coefficient (Wildman–Crippen LogP) is 6.93. The monoisotopic (exact) mass is 569 g/mol. The lowest BCUT2D eigenvalue weighted by atomic mass is 9.78. The van der Waals surface area contributed by atoms with Crippen LogP contribution < -0.4 is 10.2 Å². The van der Waals surface area contributed by atoms with E-state index in [1.807, 2.05) is 19.1 Å². The molecule has 0 unspecified atom stereocenters. The van der Waals surface area contributed by atoms with Crippen molar-refractivity contribution >= 4 is 62.2 Å². The topological polar surface area (TPSA) is 69.7 Å². The lowest BCUT2D eigenvalue weighted by molar-refractivity contribution is -0.127. The summed E-state index contributed by atoms with van der Waals surface area (Å²) in [6.07, 6.45) is 2.82. The number of hydrogen-bond donors (Lipinski definition) is 1. The van der Waals surface area contributed by atoms with Gasteiger partial charge in [0, 0.05) is 27.4 Å². The first-order valence-corrected chi connectivity index (χ1v) is 13.7. The molecule has 0 saturated carbocycles. The number of benzene rings is 2. The molecule has 36 heavy (non-hydrogen) atoms. The molecular formula is C28H32BrN3O3S. The van der Waals surface area contributed by atoms with E-state index < -0.39 is 17.1 Å². The van der Waals surface area contributed by atoms with Crippen LogP contribution in [0.3, 0.4) is 0 Å². The van der Waals surface area contributed by atoms with Crippen LogP contribution in [0.1, 0.15) is 63.6 Å². The second-order valence-electron chi connectivity index (χ2n) is 10.5. The maximum Gasteiger partial charge on any atom is 0.294 e. The van der Waals surface area contributed by atoms with E-state index in [4.69, 9.17) is 0 Å². The Morgan fingerprint density at radius 3 is 2.53 bits per heavy atom. The molecule has 6 nitrogen and oxygen atoms in total. The molecule has 2 heterocycles. The molecule has 2 aromatic rings. The van der Waals surface area contributed by atoms with Crippen LogP contribution in [0.5, 0.6) is 0 Å². The van der Waals surface area contributed by atoms with Crippen LogP contribution in [0.2, 0.25) is 0 Å². The molecule has 0 radical (unpaired) electrons. The fourth-order valence-electron chi connectivity index (χ4n) is 5.40. The molecule has 0 aliphatic carbocycles. The van der Waals surface area contributed by atoms with Crippen molar-refractivity contribution in [3.05, 3.63) is 62.5 Å². The van der Waals surface area contributed by atoms with E-state index in [1.54, 1.807) is 18.2 Å². The summed E-state index contributed by atoms with van der Waals surface area (Å²) >= 11 is 4.23. The van der Waals surface area contributed by atoms with Crippen LogP contribution in [-0.2, 0) is 9.59 Å². The number of carbonyl (C=O) groups excluding carboxylic acids is 3. The van der Waals surface area contributed by atoms with Gasteiger partial charge in [-0.2, -0.15) is 0 Å². The van der Waals surface area contributed by atoms with Crippen molar-refractivity contribution in [3.63, 3.8) is 0 Å². The minimum atomic E-state index is -0.439. The Balaban J connectivity index is 1.56. The number of rotatable bonds is 5. The van der Waals surface area contributed by atoms with E-state index >= 15 is 0 Å². The Kier molecular flexibility index (Phi) is 7.40. The number of anilines is 2. The zero-order valence-electron chi connectivity index (χ0n) is 21.5. The summed E-state index contributed by atoms with van der Waals surface area (Å²) in [6, 6.07) is 11.8. The first kappa shape index (κ1) is 26.5. The summed E-state index contributed by atoms with van der Waals surface area (Å²) in [7, 11) is 0. The largest absolute Gasteiger partial charge is 0.364 e. The number of nitrogens with one attached hydrogen (secondary N) is 1. The Morgan fingerprint density at radius 2 is 1.89 bits per heavy atom. The van der Waals surface area contributed by atoms with Crippen molar-refractivity contribution in [2.45, 2.75) is 65.5 Å². The number of thioether (sulfide) groups is 1. The van der Waals surface area contributed by atoms with E-state index in [1.165, 1.54) is 11.3 Å². The van der Waals surface area contributed by atoms with Crippen molar-refractivity contribution < 1.29 is 14.4 Å². The number of halogens is 1. The van der Waals surface area contributed by atoms with Gasteiger partial charge >= 0.3 is 0 Å². The molecule has 1 fully saturated rings. The quantitative estimate of drug-likeness (QED) is 0.395. The summed E-state index contributed by atoms with van der Waals surface area (Å²) in [5.41, 5.74) is 5.11. The normalized spacial score (nSPS) is 20.3. The van der Waals surface area contributed by atoms with Crippen molar-refractivity contribution in [3.8, 4) is 0 Å². The van der Waals surface area contributed by atoms with Crippen molar-refractivity contribution in [2.24, 2.45) is 0 Å². The van der Waals surface area contributed by atoms with Crippen LogP contribution in [0.25, 0.3) is 6.08 Å². The zero-order valence-corrected chi connectivity index (χ0v) is 23.9. The average Bonchev–Trinajstić information content (AvgIpc) is 3.03. The van der Waals surface area contributed by atoms with Gasteiger partial charge < -0.3 is 10.2 Å². The lowest BCUT2D eigenvalue weighted by Crippen LogP contribution is -2.51. The average molecular weight is 571 g/mol. The highest BCUT2D eigenvalue weighted by atomic mass is 79.9. The van der Waals surface area contributed by atoms with Gasteiger partial charge in [-0.1, -0.05) is 22.9 Å². The molecule has 2 aromatic carbocycles. The maximum absolute atomic E-state index is 13.1. The van der Waals surface area contributed by atoms with Crippen molar-refractivity contribution in [1.82, 2.24) is 4.90 Å². The Morgan fingerprint density at radius 1 is 1.22 bits per heavy atom. The Bertz CT molecular complexity index is 1250. The van der Waals surface area contributed by atoms with Crippen LogP contribution in [0.4, 0.5) is 16.2 Å². The highest BCUT2D eigenvalue weighted by molar-refractivity contribution is 9.10. The van der Waals surface area contributed by atoms with Gasteiger partial charge in [0.25, 0.3) is 11.1 Å². The van der Waals surface area contributed by atoms with Gasteiger partial charge in [-0.25, -0.2) is 0 Å². The maximum atomic E-state index is 13.1. The summed E-state index contributed by atoms with van der Waals surface area (Å²) in [6.45, 7) is 13.0. The van der Waals surface area contributed by atoms with Gasteiger partial charge in [0.05, 0.1) is 4.91 Å². The number of hydrogen-bond acceptors (Lipinski definition) is 5. The number of imide groups is 1. The fraction of sp³-hybridized carbons (Fsp3) is 0.393. The van der Waals surface area contributed by atoms with Gasteiger partial charge in [-0.05, 0) is 118 Å². The first-order chi connectivity index (χ1) is 16.9. The highest BCUT2D eigenvalue weighted by Crippen LogP contribution is 2.46. The van der Waals surface area contributed by atoms with E-state index in [0.29, 0.717) is 22.6 Å². The van der Waals surface area contributed by atoms with Crippen LogP contribution in [0, 0.1) is 6.92 Å². The minimum Gasteiger partial charge on any atom is -0.364 e. The molecule has 0 bridgehead atoms. The summed E-state index contributed by atoms with van der Waals surface area (Å²) in [4.78, 5) is 42.0. The molecule has 3 amide bonds. The summed E-state index contributed by atoms with van der Waals surface area (Å²) in [5, 5.41) is 2.29. The second kappa shape index (κ2) is 10.1. The molecule has 2 aliphatic rings. The first-order valence-electron chi connectivity index (χ1n) is 12.1. The Hall–Kier alpha value is -2.58. The molecule has 1 atom stereocenters. The summed E-state index contributed by atoms with van der Waals surface area (Å²) < 4.78 is 0.893. The van der Waals surface area contributed by atoms with Crippen LogP contribution in [0.15, 0.2) is 45.8 Å². The highest BCUT2D eigenvalue weighted by Gasteiger charge is 2.39. The number of aryl methyl sites for hydroxylation is 1. The third-order valence-corrected chi connectivity index (χ3v) is 8.21. The molecule has 0 aromatic heterocycles. The van der Waals surface area contributed by atoms with Crippen molar-refractivity contribution in [1.29, 1.82) is 0 Å². The second-order valence-corrected chi connectivity index (χ2v) is 12.4. The summed E-state index contributed by atoms with van der Waals surface area (Å²) in [5.74, 6) is -0.489. The van der Waals surface area contributed by atoms with Crippen molar-refractivity contribution in [2.75, 3.05) is 16.8 Å². The third-order valence-electron chi connectivity index (χ3n) is 6.77. The lowest BCUT2D eigenvalue weighted by Gasteiger charge is -2.50. The standard InChI is InChI=1S/C28H32BrN3O3S/c1-16(2)32-23-11-17(3)19(12-22(23)18(4)14-28(32,5)6)13-24-26(34)31(27(35)36-24)15-25(33)30-21-9-7-20(29)8-10-21/h7-13,16,18H,14-15H2,1-6H3,(H,30,33)/b24-13-/t18-/m1/s1. The molecule has 8 heteroatoms. The van der Waals surface area contributed by atoms with Gasteiger partial charge in [0.15, 0.2) is 0 Å². The van der Waals surface area contributed by atoms with E-state index in [9.17, 15) is 14.4 Å². The minimum absolute atomic E-state index is 0.0496. The van der Waals surface area contributed by atoms with Crippen LogP contribution in [-0.4, -0.2) is 40.1 Å². The molecule has 1 N–H and O–H groups in total. The number of fused-ring (bicyclic) bond motifs is 1. The van der Waals surface area contributed by atoms with Gasteiger partial charge in [-0.3, -0.25) is 19.3 Å². The van der Waals surface area contributed by atoms with E-state index in [2.05, 4.69) is 72.9 Å². The third kappa shape index (κ3) is 5.25. The van der Waals surface area contributed by atoms with Gasteiger partial charge in [-0.15, -0.1) is 0 Å². The molecular weight excluding hydrogens is 538 g/mol. The van der Waals surface area contributed by atoms with Gasteiger partial charge in [0.1, 0.15) is 6.54 Å². The predicted molar refractivity (Wildman–Crippen MR) is 151 cm³/mol. The van der Waals surface area contributed by atoms with Crippen LogP contribution >= 0.6 is 27.7 Å².